The molecule has 1 aromatic heterocycles. The fourth-order valence-corrected chi connectivity index (χ4v) is 2.33. The van der Waals surface area contributed by atoms with Gasteiger partial charge in [-0.2, -0.15) is 0 Å². The second-order valence-corrected chi connectivity index (χ2v) is 4.64. The number of carbonyl (C=O) groups excluding carboxylic acids is 2. The number of esters is 1. The molecule has 0 radical (unpaired) electrons. The van der Waals surface area contributed by atoms with Crippen molar-refractivity contribution >= 4 is 23.5 Å². The average Bonchev–Trinajstić information content (AvgIpc) is 2.87. The lowest BCUT2D eigenvalue weighted by molar-refractivity contribution is -0.147. The van der Waals surface area contributed by atoms with Crippen LogP contribution < -0.4 is 0 Å². The fraction of sp³-hybridized carbons (Fsp3) is 0.462. The van der Waals surface area contributed by atoms with Gasteiger partial charge in [0.1, 0.15) is 16.9 Å². The van der Waals surface area contributed by atoms with Crippen LogP contribution in [0.5, 0.6) is 0 Å². The molecule has 2 heterocycles. The molecule has 0 saturated carbocycles. The molecule has 0 aliphatic carbocycles. The highest BCUT2D eigenvalue weighted by atomic mass is 35.5. The Morgan fingerprint density at radius 3 is 3.00 bits per heavy atom. The van der Waals surface area contributed by atoms with Gasteiger partial charge in [0.2, 0.25) is 0 Å². The molecular formula is C13H15ClN2O3. The van der Waals surface area contributed by atoms with Crippen molar-refractivity contribution in [3.8, 4) is 0 Å². The number of halogens is 1. The monoisotopic (exact) mass is 282 g/mol. The molecule has 19 heavy (non-hydrogen) atoms. The summed E-state index contributed by atoms with van der Waals surface area (Å²) < 4.78 is 4.99. The minimum absolute atomic E-state index is 0.253. The highest BCUT2D eigenvalue weighted by molar-refractivity contribution is 6.29. The summed E-state index contributed by atoms with van der Waals surface area (Å²) in [5.41, 5.74) is 0.253. The quantitative estimate of drug-likeness (QED) is 0.628. The average molecular weight is 283 g/mol. The molecule has 1 saturated heterocycles. The number of likely N-dealkylation sites (tertiary alicyclic amines) is 1. The summed E-state index contributed by atoms with van der Waals surface area (Å²) in [6.45, 7) is 2.60. The number of aromatic nitrogens is 1. The van der Waals surface area contributed by atoms with Crippen LogP contribution in [0.4, 0.5) is 0 Å². The molecule has 1 fully saturated rings. The van der Waals surface area contributed by atoms with E-state index in [2.05, 4.69) is 4.98 Å². The first-order valence-electron chi connectivity index (χ1n) is 6.23. The lowest BCUT2D eigenvalue weighted by Gasteiger charge is -2.22. The third-order valence-electron chi connectivity index (χ3n) is 3.01. The molecule has 6 heteroatoms. The Balaban J connectivity index is 2.16. The SMILES string of the molecule is CCOC(=O)C1CCCN1C(=O)c1cccc(Cl)n1. The third-order valence-corrected chi connectivity index (χ3v) is 3.22. The van der Waals surface area contributed by atoms with Gasteiger partial charge < -0.3 is 9.64 Å². The maximum atomic E-state index is 12.3. The molecule has 1 amide bonds. The van der Waals surface area contributed by atoms with Crippen molar-refractivity contribution in [1.29, 1.82) is 0 Å². The summed E-state index contributed by atoms with van der Waals surface area (Å²) in [5, 5.41) is 0.262. The number of hydrogen-bond donors (Lipinski definition) is 0. The van der Waals surface area contributed by atoms with E-state index in [1.165, 1.54) is 4.90 Å². The number of nitrogens with zero attached hydrogens (tertiary/aromatic N) is 2. The van der Waals surface area contributed by atoms with Crippen molar-refractivity contribution in [3.05, 3.63) is 29.0 Å². The molecule has 0 bridgehead atoms. The molecule has 1 unspecified atom stereocenters. The first kappa shape index (κ1) is 13.8. The van der Waals surface area contributed by atoms with Crippen LogP contribution in [0.1, 0.15) is 30.3 Å². The van der Waals surface area contributed by atoms with Crippen LogP contribution in [0, 0.1) is 0 Å². The first-order valence-corrected chi connectivity index (χ1v) is 6.61. The number of amides is 1. The van der Waals surface area contributed by atoms with Crippen molar-refractivity contribution in [2.75, 3.05) is 13.2 Å². The number of rotatable bonds is 3. The Morgan fingerprint density at radius 1 is 1.53 bits per heavy atom. The Bertz CT molecular complexity index is 493. The Morgan fingerprint density at radius 2 is 2.32 bits per heavy atom. The molecule has 1 aliphatic heterocycles. The second-order valence-electron chi connectivity index (χ2n) is 4.25. The first-order chi connectivity index (χ1) is 9.13. The van der Waals surface area contributed by atoms with E-state index in [0.717, 1.165) is 6.42 Å². The van der Waals surface area contributed by atoms with E-state index in [1.807, 2.05) is 0 Å². The van der Waals surface area contributed by atoms with E-state index in [0.29, 0.717) is 19.6 Å². The van der Waals surface area contributed by atoms with E-state index >= 15 is 0 Å². The van der Waals surface area contributed by atoms with Gasteiger partial charge in [0.25, 0.3) is 5.91 Å². The molecule has 2 rings (SSSR count). The molecule has 1 aromatic rings. The number of carbonyl (C=O) groups is 2. The summed E-state index contributed by atoms with van der Waals surface area (Å²) in [6, 6.07) is 4.35. The zero-order chi connectivity index (χ0) is 13.8. The Labute approximate surface area is 116 Å². The van der Waals surface area contributed by atoms with Crippen LogP contribution in [0.25, 0.3) is 0 Å². The van der Waals surface area contributed by atoms with Crippen molar-refractivity contribution in [1.82, 2.24) is 9.88 Å². The van der Waals surface area contributed by atoms with E-state index < -0.39 is 6.04 Å². The highest BCUT2D eigenvalue weighted by Crippen LogP contribution is 2.21. The van der Waals surface area contributed by atoms with Gasteiger partial charge in [-0.25, -0.2) is 9.78 Å². The van der Waals surface area contributed by atoms with Gasteiger partial charge >= 0.3 is 5.97 Å². The standard InChI is InChI=1S/C13H15ClN2O3/c1-2-19-13(18)10-6-4-8-16(10)12(17)9-5-3-7-11(14)15-9/h3,5,7,10H,2,4,6,8H2,1H3. The zero-order valence-corrected chi connectivity index (χ0v) is 11.4. The van der Waals surface area contributed by atoms with Gasteiger partial charge in [0.15, 0.2) is 0 Å². The molecular weight excluding hydrogens is 268 g/mol. The van der Waals surface area contributed by atoms with Gasteiger partial charge in [-0.15, -0.1) is 0 Å². The van der Waals surface area contributed by atoms with Crippen molar-refractivity contribution in [2.45, 2.75) is 25.8 Å². The Kier molecular flexibility index (Phi) is 4.37. The van der Waals surface area contributed by atoms with Gasteiger partial charge in [-0.05, 0) is 31.9 Å². The van der Waals surface area contributed by atoms with E-state index in [-0.39, 0.29) is 22.7 Å². The van der Waals surface area contributed by atoms with E-state index in [1.54, 1.807) is 25.1 Å². The molecule has 0 N–H and O–H groups in total. The van der Waals surface area contributed by atoms with Crippen molar-refractivity contribution in [2.24, 2.45) is 0 Å². The van der Waals surface area contributed by atoms with E-state index in [4.69, 9.17) is 16.3 Å². The van der Waals surface area contributed by atoms with Crippen LogP contribution >= 0.6 is 11.6 Å². The summed E-state index contributed by atoms with van der Waals surface area (Å²) in [4.78, 5) is 29.6. The fourth-order valence-electron chi connectivity index (χ4n) is 2.17. The maximum Gasteiger partial charge on any atom is 0.328 e. The lowest BCUT2D eigenvalue weighted by Crippen LogP contribution is -2.41. The smallest absolute Gasteiger partial charge is 0.328 e. The predicted molar refractivity (Wildman–Crippen MR) is 69.9 cm³/mol. The van der Waals surface area contributed by atoms with Crippen LogP contribution in [0.15, 0.2) is 18.2 Å². The topological polar surface area (TPSA) is 59.5 Å². The van der Waals surface area contributed by atoms with Crippen LogP contribution in [0.3, 0.4) is 0 Å². The molecule has 1 atom stereocenters. The Hall–Kier alpha value is -1.62. The van der Waals surface area contributed by atoms with Gasteiger partial charge in [0, 0.05) is 6.54 Å². The summed E-state index contributed by atoms with van der Waals surface area (Å²) in [6.07, 6.45) is 1.42. The van der Waals surface area contributed by atoms with Crippen LogP contribution in [-0.2, 0) is 9.53 Å². The van der Waals surface area contributed by atoms with Crippen molar-refractivity contribution in [3.63, 3.8) is 0 Å². The summed E-state index contributed by atoms with van der Waals surface area (Å²) in [7, 11) is 0. The maximum absolute atomic E-state index is 12.3. The number of hydrogen-bond acceptors (Lipinski definition) is 4. The molecule has 102 valence electrons. The molecule has 5 nitrogen and oxygen atoms in total. The van der Waals surface area contributed by atoms with E-state index in [9.17, 15) is 9.59 Å². The zero-order valence-electron chi connectivity index (χ0n) is 10.6. The van der Waals surface area contributed by atoms with Gasteiger partial charge in [0.05, 0.1) is 6.61 Å². The van der Waals surface area contributed by atoms with Gasteiger partial charge in [-0.1, -0.05) is 17.7 Å². The number of ether oxygens (including phenoxy) is 1. The second kappa shape index (κ2) is 6.02. The predicted octanol–water partition coefficient (Wildman–Crippen LogP) is 1.90. The van der Waals surface area contributed by atoms with Crippen molar-refractivity contribution < 1.29 is 14.3 Å². The molecule has 0 spiro atoms. The minimum atomic E-state index is -0.506. The van der Waals surface area contributed by atoms with Crippen LogP contribution in [0.2, 0.25) is 5.15 Å². The normalized spacial score (nSPS) is 18.4. The highest BCUT2D eigenvalue weighted by Gasteiger charge is 2.35. The number of pyridine rings is 1. The van der Waals surface area contributed by atoms with Crippen LogP contribution in [-0.4, -0.2) is 41.0 Å². The largest absolute Gasteiger partial charge is 0.464 e. The minimum Gasteiger partial charge on any atom is -0.464 e. The summed E-state index contributed by atoms with van der Waals surface area (Å²) >= 11 is 5.77. The third kappa shape index (κ3) is 3.04. The lowest BCUT2D eigenvalue weighted by atomic mass is 10.2. The van der Waals surface area contributed by atoms with Gasteiger partial charge in [-0.3, -0.25) is 4.79 Å². The molecule has 1 aliphatic rings. The molecule has 0 aromatic carbocycles. The summed E-state index contributed by atoms with van der Waals surface area (Å²) in [5.74, 6) is -0.631.